The Bertz CT molecular complexity index is 1040. The van der Waals surface area contributed by atoms with Crippen molar-refractivity contribution in [3.05, 3.63) is 60.3 Å². The second-order valence-electron chi connectivity index (χ2n) is 5.72. The summed E-state index contributed by atoms with van der Waals surface area (Å²) in [6, 6.07) is 12.9. The van der Waals surface area contributed by atoms with E-state index < -0.39 is 6.10 Å². The number of aromatic nitrogens is 3. The molecule has 8 nitrogen and oxygen atoms in total. The van der Waals surface area contributed by atoms with E-state index in [4.69, 9.17) is 22.8 Å². The van der Waals surface area contributed by atoms with Gasteiger partial charge < -0.3 is 22.8 Å². The van der Waals surface area contributed by atoms with Crippen molar-refractivity contribution in [3.63, 3.8) is 0 Å². The number of thioether (sulfide) groups is 1. The minimum Gasteiger partial charge on any atom is -0.485 e. The zero-order valence-corrected chi connectivity index (χ0v) is 14.7. The van der Waals surface area contributed by atoms with Crippen molar-refractivity contribution in [1.29, 1.82) is 0 Å². The van der Waals surface area contributed by atoms with Crippen LogP contribution in [0.25, 0.3) is 11.5 Å². The van der Waals surface area contributed by atoms with Crippen LogP contribution < -0.4 is 9.47 Å². The van der Waals surface area contributed by atoms with E-state index in [9.17, 15) is 0 Å². The average Bonchev–Trinajstić information content (AvgIpc) is 3.47. The molecule has 1 aliphatic heterocycles. The molecular weight excluding hydrogens is 370 g/mol. The summed E-state index contributed by atoms with van der Waals surface area (Å²) in [4.78, 5) is 0. The first kappa shape index (κ1) is 16.0. The molecule has 0 saturated carbocycles. The van der Waals surface area contributed by atoms with Gasteiger partial charge in [0.15, 0.2) is 17.3 Å². The van der Waals surface area contributed by atoms with Gasteiger partial charge in [0.1, 0.15) is 6.61 Å². The molecular formula is C18H13N3O5S. The molecule has 0 aliphatic carbocycles. The number of hydrogen-bond donors (Lipinski definition) is 0. The molecule has 1 atom stereocenters. The summed E-state index contributed by atoms with van der Waals surface area (Å²) in [5, 5.41) is 12.6. The van der Waals surface area contributed by atoms with Gasteiger partial charge in [-0.3, -0.25) is 0 Å². The Morgan fingerprint density at radius 3 is 2.85 bits per heavy atom. The molecule has 27 heavy (non-hydrogen) atoms. The molecule has 4 aromatic rings. The lowest BCUT2D eigenvalue weighted by molar-refractivity contribution is 0.0686. The highest BCUT2D eigenvalue weighted by molar-refractivity contribution is 7.98. The molecule has 0 spiro atoms. The van der Waals surface area contributed by atoms with Crippen LogP contribution in [0.2, 0.25) is 0 Å². The van der Waals surface area contributed by atoms with E-state index in [2.05, 4.69) is 15.4 Å². The third-order valence-electron chi connectivity index (χ3n) is 3.87. The van der Waals surface area contributed by atoms with Gasteiger partial charge in [-0.15, -0.1) is 10.2 Å². The highest BCUT2D eigenvalue weighted by Crippen LogP contribution is 2.36. The molecule has 136 valence electrons. The van der Waals surface area contributed by atoms with Crippen LogP contribution in [0, 0.1) is 0 Å². The van der Waals surface area contributed by atoms with Gasteiger partial charge >= 0.3 is 0 Å². The van der Waals surface area contributed by atoms with Crippen LogP contribution in [-0.2, 0) is 5.75 Å². The van der Waals surface area contributed by atoms with Crippen molar-refractivity contribution >= 4 is 11.8 Å². The summed E-state index contributed by atoms with van der Waals surface area (Å²) < 4.78 is 27.8. The van der Waals surface area contributed by atoms with E-state index in [1.165, 1.54) is 11.8 Å². The molecule has 1 aromatic carbocycles. The fraction of sp³-hybridized carbons (Fsp3) is 0.167. The van der Waals surface area contributed by atoms with E-state index in [1.807, 2.05) is 36.4 Å². The highest BCUT2D eigenvalue weighted by atomic mass is 32.2. The normalized spacial score (nSPS) is 15.8. The minimum absolute atomic E-state index is 0.319. The summed E-state index contributed by atoms with van der Waals surface area (Å²) in [6.07, 6.45) is 1.15. The highest BCUT2D eigenvalue weighted by Gasteiger charge is 2.27. The minimum atomic E-state index is -0.431. The summed E-state index contributed by atoms with van der Waals surface area (Å²) >= 11 is 1.36. The molecule has 0 N–H and O–H groups in total. The monoisotopic (exact) mass is 383 g/mol. The quantitative estimate of drug-likeness (QED) is 0.471. The predicted octanol–water partition coefficient (Wildman–Crippen LogP) is 4.12. The van der Waals surface area contributed by atoms with Crippen molar-refractivity contribution in [1.82, 2.24) is 15.4 Å². The molecule has 0 saturated heterocycles. The van der Waals surface area contributed by atoms with Crippen LogP contribution in [0.1, 0.15) is 17.7 Å². The Labute approximate surface area is 157 Å². The van der Waals surface area contributed by atoms with E-state index >= 15 is 0 Å². The fourth-order valence-corrected chi connectivity index (χ4v) is 3.25. The van der Waals surface area contributed by atoms with E-state index in [-0.39, 0.29) is 0 Å². The Balaban J connectivity index is 1.23. The molecule has 0 radical (unpaired) electrons. The molecule has 4 heterocycles. The van der Waals surface area contributed by atoms with Crippen LogP contribution in [0.4, 0.5) is 0 Å². The van der Waals surface area contributed by atoms with Gasteiger partial charge in [0.05, 0.1) is 12.0 Å². The van der Waals surface area contributed by atoms with E-state index in [0.29, 0.717) is 46.5 Å². The molecule has 1 aliphatic rings. The molecule has 0 bridgehead atoms. The Kier molecular flexibility index (Phi) is 4.06. The first-order chi connectivity index (χ1) is 13.3. The van der Waals surface area contributed by atoms with Gasteiger partial charge in [-0.05, 0) is 24.3 Å². The second-order valence-corrected chi connectivity index (χ2v) is 6.65. The van der Waals surface area contributed by atoms with Crippen molar-refractivity contribution in [2.24, 2.45) is 0 Å². The molecule has 9 heteroatoms. The van der Waals surface area contributed by atoms with Gasteiger partial charge in [0.2, 0.25) is 11.9 Å². The Hall–Kier alpha value is -3.20. The second kappa shape index (κ2) is 6.84. The van der Waals surface area contributed by atoms with Crippen molar-refractivity contribution < 1.29 is 22.8 Å². The first-order valence-corrected chi connectivity index (χ1v) is 9.18. The average molecular weight is 383 g/mol. The van der Waals surface area contributed by atoms with Crippen LogP contribution in [-0.4, -0.2) is 22.0 Å². The van der Waals surface area contributed by atoms with Gasteiger partial charge in [0, 0.05) is 11.8 Å². The number of hydrogen-bond acceptors (Lipinski definition) is 9. The number of fused-ring (bicyclic) bond motifs is 1. The van der Waals surface area contributed by atoms with Crippen LogP contribution in [0.3, 0.4) is 0 Å². The Morgan fingerprint density at radius 2 is 1.96 bits per heavy atom. The lowest BCUT2D eigenvalue weighted by Gasteiger charge is -2.23. The molecule has 5 rings (SSSR count). The van der Waals surface area contributed by atoms with Gasteiger partial charge in [0.25, 0.3) is 11.1 Å². The number of rotatable bonds is 5. The van der Waals surface area contributed by atoms with Crippen molar-refractivity contribution in [2.75, 3.05) is 6.61 Å². The molecule has 1 unspecified atom stereocenters. The van der Waals surface area contributed by atoms with Gasteiger partial charge in [-0.2, -0.15) is 0 Å². The maximum absolute atomic E-state index is 5.87. The zero-order chi connectivity index (χ0) is 18.1. The lowest BCUT2D eigenvalue weighted by atomic mass is 10.2. The summed E-state index contributed by atoms with van der Waals surface area (Å²) in [5.41, 5.74) is 0.748. The van der Waals surface area contributed by atoms with E-state index in [1.54, 1.807) is 12.3 Å². The van der Waals surface area contributed by atoms with Gasteiger partial charge in [-0.25, -0.2) is 0 Å². The number of ether oxygens (including phenoxy) is 2. The molecule has 0 amide bonds. The number of furan rings is 1. The SMILES string of the molecule is c1coc(-c2cc(CSc3nnc(C4COc5ccccc5O4)o3)no2)c1. The maximum Gasteiger partial charge on any atom is 0.277 e. The third kappa shape index (κ3) is 3.28. The molecule has 0 fully saturated rings. The molecule has 3 aromatic heterocycles. The summed E-state index contributed by atoms with van der Waals surface area (Å²) in [6.45, 7) is 0.319. The zero-order valence-electron chi connectivity index (χ0n) is 13.9. The number of nitrogens with zero attached hydrogens (tertiary/aromatic N) is 3. The number of para-hydroxylation sites is 2. The summed E-state index contributed by atoms with van der Waals surface area (Å²) in [5.74, 6) is 3.48. The van der Waals surface area contributed by atoms with Crippen molar-refractivity contribution in [3.8, 4) is 23.0 Å². The summed E-state index contributed by atoms with van der Waals surface area (Å²) in [7, 11) is 0. The largest absolute Gasteiger partial charge is 0.485 e. The Morgan fingerprint density at radius 1 is 1.04 bits per heavy atom. The van der Waals surface area contributed by atoms with Crippen LogP contribution >= 0.6 is 11.8 Å². The lowest BCUT2D eigenvalue weighted by Crippen LogP contribution is -2.21. The maximum atomic E-state index is 5.87. The first-order valence-electron chi connectivity index (χ1n) is 8.19. The predicted molar refractivity (Wildman–Crippen MR) is 93.4 cm³/mol. The number of benzene rings is 1. The topological polar surface area (TPSA) is 96.6 Å². The van der Waals surface area contributed by atoms with Crippen LogP contribution in [0.15, 0.2) is 67.3 Å². The van der Waals surface area contributed by atoms with Crippen LogP contribution in [0.5, 0.6) is 11.5 Å². The third-order valence-corrected chi connectivity index (χ3v) is 4.72. The van der Waals surface area contributed by atoms with Gasteiger partial charge in [-0.1, -0.05) is 29.1 Å². The standard InChI is InChI=1S/C18H13N3O5S/c1-2-5-14-12(4-1)23-9-16(24-14)17-19-20-18(25-17)27-10-11-8-15(26-21-11)13-6-3-7-22-13/h1-8,16H,9-10H2. The fourth-order valence-electron chi connectivity index (χ4n) is 2.60. The van der Waals surface area contributed by atoms with Crippen molar-refractivity contribution in [2.45, 2.75) is 17.1 Å². The smallest absolute Gasteiger partial charge is 0.277 e. The van der Waals surface area contributed by atoms with E-state index in [0.717, 1.165) is 5.69 Å².